The van der Waals surface area contributed by atoms with Crippen molar-refractivity contribution in [2.75, 3.05) is 0 Å². The molecular formula is C16H18F2N2. The fourth-order valence-corrected chi connectivity index (χ4v) is 2.22. The molecule has 1 atom stereocenters. The van der Waals surface area contributed by atoms with Gasteiger partial charge in [-0.1, -0.05) is 35.9 Å². The van der Waals surface area contributed by atoms with Crippen LogP contribution in [0.25, 0.3) is 0 Å². The van der Waals surface area contributed by atoms with Crippen LogP contribution >= 0.6 is 0 Å². The molecule has 2 rings (SSSR count). The van der Waals surface area contributed by atoms with E-state index >= 15 is 0 Å². The Morgan fingerprint density at radius 3 is 2.20 bits per heavy atom. The molecule has 0 amide bonds. The van der Waals surface area contributed by atoms with Crippen molar-refractivity contribution in [3.8, 4) is 0 Å². The summed E-state index contributed by atoms with van der Waals surface area (Å²) in [7, 11) is 0. The first-order valence-corrected chi connectivity index (χ1v) is 6.57. The first-order chi connectivity index (χ1) is 9.61. The Kier molecular flexibility index (Phi) is 4.82. The molecule has 0 fully saturated rings. The van der Waals surface area contributed by atoms with Crippen molar-refractivity contribution in [1.82, 2.24) is 5.43 Å². The van der Waals surface area contributed by atoms with Gasteiger partial charge in [-0.2, -0.15) is 0 Å². The van der Waals surface area contributed by atoms with Gasteiger partial charge in [0.1, 0.15) is 11.6 Å². The smallest absolute Gasteiger partial charge is 0.130 e. The maximum Gasteiger partial charge on any atom is 0.130 e. The zero-order chi connectivity index (χ0) is 14.5. The van der Waals surface area contributed by atoms with E-state index in [0.29, 0.717) is 12.8 Å². The number of aryl methyl sites for hydroxylation is 2. The monoisotopic (exact) mass is 276 g/mol. The molecule has 1 unspecified atom stereocenters. The van der Waals surface area contributed by atoms with Crippen molar-refractivity contribution < 1.29 is 8.78 Å². The number of benzene rings is 2. The van der Waals surface area contributed by atoms with Crippen LogP contribution in [0.3, 0.4) is 0 Å². The molecular weight excluding hydrogens is 258 g/mol. The van der Waals surface area contributed by atoms with Gasteiger partial charge in [-0.15, -0.1) is 0 Å². The molecule has 2 aromatic carbocycles. The van der Waals surface area contributed by atoms with Gasteiger partial charge in [-0.25, -0.2) is 8.78 Å². The number of nitrogens with two attached hydrogens (primary N) is 1. The fourth-order valence-electron chi connectivity index (χ4n) is 2.22. The van der Waals surface area contributed by atoms with Crippen LogP contribution < -0.4 is 11.3 Å². The van der Waals surface area contributed by atoms with Crippen LogP contribution in [0.1, 0.15) is 29.2 Å². The van der Waals surface area contributed by atoms with E-state index in [4.69, 9.17) is 5.84 Å². The summed E-state index contributed by atoms with van der Waals surface area (Å²) in [6.45, 7) is 2.02. The molecule has 0 radical (unpaired) electrons. The van der Waals surface area contributed by atoms with E-state index < -0.39 is 17.7 Å². The molecule has 0 saturated heterocycles. The van der Waals surface area contributed by atoms with E-state index in [9.17, 15) is 8.78 Å². The minimum Gasteiger partial charge on any atom is -0.271 e. The van der Waals surface area contributed by atoms with E-state index in [1.165, 1.54) is 23.8 Å². The van der Waals surface area contributed by atoms with Gasteiger partial charge in [0, 0.05) is 5.56 Å². The Morgan fingerprint density at radius 1 is 1.05 bits per heavy atom. The van der Waals surface area contributed by atoms with E-state index in [2.05, 4.69) is 5.43 Å². The highest BCUT2D eigenvalue weighted by atomic mass is 19.1. The number of rotatable bonds is 5. The minimum absolute atomic E-state index is 0.00196. The molecule has 0 aliphatic heterocycles. The topological polar surface area (TPSA) is 38.0 Å². The molecule has 2 aromatic rings. The van der Waals surface area contributed by atoms with Crippen LogP contribution in [0.2, 0.25) is 0 Å². The summed E-state index contributed by atoms with van der Waals surface area (Å²) < 4.78 is 27.5. The Hall–Kier alpha value is -1.78. The van der Waals surface area contributed by atoms with Crippen molar-refractivity contribution in [3.05, 3.63) is 70.8 Å². The summed E-state index contributed by atoms with van der Waals surface area (Å²) in [5.74, 6) is 4.30. The quantitative estimate of drug-likeness (QED) is 0.649. The molecule has 106 valence electrons. The van der Waals surface area contributed by atoms with E-state index in [-0.39, 0.29) is 5.56 Å². The third kappa shape index (κ3) is 3.40. The second-order valence-electron chi connectivity index (χ2n) is 4.88. The fraction of sp³-hybridized carbons (Fsp3) is 0.250. The van der Waals surface area contributed by atoms with Gasteiger partial charge in [0.2, 0.25) is 0 Å². The maximum absolute atomic E-state index is 13.7. The zero-order valence-corrected chi connectivity index (χ0v) is 11.4. The highest BCUT2D eigenvalue weighted by molar-refractivity contribution is 5.25. The Morgan fingerprint density at radius 2 is 1.65 bits per heavy atom. The van der Waals surface area contributed by atoms with Crippen LogP contribution in [-0.2, 0) is 6.42 Å². The first kappa shape index (κ1) is 14.6. The second-order valence-corrected chi connectivity index (χ2v) is 4.88. The lowest BCUT2D eigenvalue weighted by Crippen LogP contribution is -2.30. The van der Waals surface area contributed by atoms with Crippen molar-refractivity contribution in [1.29, 1.82) is 0 Å². The molecule has 0 aromatic heterocycles. The number of halogens is 2. The maximum atomic E-state index is 13.7. The molecule has 2 nitrogen and oxygen atoms in total. The van der Waals surface area contributed by atoms with Gasteiger partial charge in [0.05, 0.1) is 6.04 Å². The summed E-state index contributed by atoms with van der Waals surface area (Å²) in [6.07, 6.45) is 1.22. The van der Waals surface area contributed by atoms with Gasteiger partial charge < -0.3 is 0 Å². The molecule has 0 bridgehead atoms. The van der Waals surface area contributed by atoms with Crippen LogP contribution in [0.4, 0.5) is 8.78 Å². The number of hydrazine groups is 1. The second kappa shape index (κ2) is 6.59. The lowest BCUT2D eigenvalue weighted by Gasteiger charge is -2.17. The first-order valence-electron chi connectivity index (χ1n) is 6.57. The van der Waals surface area contributed by atoms with Crippen molar-refractivity contribution in [3.63, 3.8) is 0 Å². The number of hydrogen-bond acceptors (Lipinski definition) is 2. The number of hydrogen-bond donors (Lipinski definition) is 2. The van der Waals surface area contributed by atoms with Gasteiger partial charge in [-0.3, -0.25) is 11.3 Å². The highest BCUT2D eigenvalue weighted by Gasteiger charge is 2.18. The molecule has 0 saturated carbocycles. The SMILES string of the molecule is Cc1ccc(CCC(NN)c2c(F)cccc2F)cc1. The van der Waals surface area contributed by atoms with Crippen LogP contribution in [0.5, 0.6) is 0 Å². The van der Waals surface area contributed by atoms with Crippen LogP contribution in [0, 0.1) is 18.6 Å². The van der Waals surface area contributed by atoms with Crippen molar-refractivity contribution in [2.45, 2.75) is 25.8 Å². The molecule has 20 heavy (non-hydrogen) atoms. The lowest BCUT2D eigenvalue weighted by atomic mass is 9.98. The normalized spacial score (nSPS) is 12.4. The third-order valence-corrected chi connectivity index (χ3v) is 3.39. The molecule has 0 aliphatic rings. The average Bonchev–Trinajstić information content (AvgIpc) is 2.44. The predicted molar refractivity (Wildman–Crippen MR) is 75.9 cm³/mol. The summed E-state index contributed by atoms with van der Waals surface area (Å²) in [6, 6.07) is 11.4. The Balaban J connectivity index is 2.11. The molecule has 0 aliphatic carbocycles. The molecule has 0 heterocycles. The van der Waals surface area contributed by atoms with Crippen molar-refractivity contribution >= 4 is 0 Å². The van der Waals surface area contributed by atoms with Gasteiger partial charge in [0.25, 0.3) is 0 Å². The number of nitrogens with one attached hydrogen (secondary N) is 1. The third-order valence-electron chi connectivity index (χ3n) is 3.39. The van der Waals surface area contributed by atoms with Crippen molar-refractivity contribution in [2.24, 2.45) is 5.84 Å². The van der Waals surface area contributed by atoms with Gasteiger partial charge in [-0.05, 0) is 37.5 Å². The Bertz CT molecular complexity index is 547. The largest absolute Gasteiger partial charge is 0.271 e. The van der Waals surface area contributed by atoms with Gasteiger partial charge in [0.15, 0.2) is 0 Å². The summed E-state index contributed by atoms with van der Waals surface area (Å²) in [5, 5.41) is 0. The summed E-state index contributed by atoms with van der Waals surface area (Å²) >= 11 is 0. The predicted octanol–water partition coefficient (Wildman–Crippen LogP) is 3.41. The standard InChI is InChI=1S/C16H18F2N2/c1-11-5-7-12(8-6-11)9-10-15(20-19)16-13(17)3-2-4-14(16)18/h2-8,15,20H,9-10,19H2,1H3. The Labute approximate surface area is 117 Å². The summed E-state index contributed by atoms with van der Waals surface area (Å²) in [4.78, 5) is 0. The van der Waals surface area contributed by atoms with Gasteiger partial charge >= 0.3 is 0 Å². The van der Waals surface area contributed by atoms with Crippen LogP contribution in [0.15, 0.2) is 42.5 Å². The van der Waals surface area contributed by atoms with E-state index in [1.807, 2.05) is 31.2 Å². The lowest BCUT2D eigenvalue weighted by molar-refractivity contribution is 0.454. The minimum atomic E-state index is -0.572. The summed E-state index contributed by atoms with van der Waals surface area (Å²) in [5.41, 5.74) is 4.80. The molecule has 0 spiro atoms. The highest BCUT2D eigenvalue weighted by Crippen LogP contribution is 2.24. The van der Waals surface area contributed by atoms with Crippen LogP contribution in [-0.4, -0.2) is 0 Å². The average molecular weight is 276 g/mol. The molecule has 3 N–H and O–H groups in total. The van der Waals surface area contributed by atoms with E-state index in [1.54, 1.807) is 0 Å². The van der Waals surface area contributed by atoms with E-state index in [0.717, 1.165) is 5.56 Å². The molecule has 4 heteroatoms. The zero-order valence-electron chi connectivity index (χ0n) is 11.4.